The molecule has 1 heterocycles. The lowest BCUT2D eigenvalue weighted by atomic mass is 10.0. The highest BCUT2D eigenvalue weighted by molar-refractivity contribution is 7.89. The van der Waals surface area contributed by atoms with Crippen molar-refractivity contribution in [2.24, 2.45) is 0 Å². The Morgan fingerprint density at radius 3 is 2.52 bits per heavy atom. The number of fused-ring (bicyclic) bond motifs is 1. The van der Waals surface area contributed by atoms with Crippen LogP contribution in [0.25, 0.3) is 10.2 Å². The molecule has 0 aliphatic rings. The van der Waals surface area contributed by atoms with Crippen molar-refractivity contribution in [3.63, 3.8) is 0 Å². The number of aromatic nitrogens is 1. The summed E-state index contributed by atoms with van der Waals surface area (Å²) in [5.41, 5.74) is 2.24. The maximum atomic E-state index is 13.0. The molecule has 0 saturated carbocycles. The molecule has 0 radical (unpaired) electrons. The second kappa shape index (κ2) is 8.13. The molecular formula is C22H17N3O2S2. The van der Waals surface area contributed by atoms with Gasteiger partial charge in [-0.05, 0) is 48.4 Å². The first-order valence-corrected chi connectivity index (χ1v) is 11.3. The van der Waals surface area contributed by atoms with Gasteiger partial charge in [-0.15, -0.1) is 11.3 Å². The molecule has 0 saturated heterocycles. The Morgan fingerprint density at radius 1 is 1.00 bits per heavy atom. The van der Waals surface area contributed by atoms with Crippen LogP contribution in [-0.4, -0.2) is 13.4 Å². The van der Waals surface area contributed by atoms with Crippen LogP contribution in [-0.2, 0) is 16.4 Å². The Labute approximate surface area is 173 Å². The molecule has 0 fully saturated rings. The minimum Gasteiger partial charge on any atom is -0.239 e. The van der Waals surface area contributed by atoms with Crippen LogP contribution in [0.5, 0.6) is 0 Å². The van der Waals surface area contributed by atoms with E-state index in [4.69, 9.17) is 0 Å². The molecule has 1 aromatic heterocycles. The average Bonchev–Trinajstić information content (AvgIpc) is 3.18. The number of nitrogens with zero attached hydrogens (tertiary/aromatic N) is 2. The van der Waals surface area contributed by atoms with Crippen LogP contribution in [0.15, 0.2) is 83.8 Å². The lowest BCUT2D eigenvalue weighted by molar-refractivity contribution is 0.554. The molecule has 0 aliphatic heterocycles. The van der Waals surface area contributed by atoms with E-state index in [1.54, 1.807) is 48.5 Å². The summed E-state index contributed by atoms with van der Waals surface area (Å²) >= 11 is 1.47. The average molecular weight is 420 g/mol. The maximum absolute atomic E-state index is 13.0. The topological polar surface area (TPSA) is 82.9 Å². The summed E-state index contributed by atoms with van der Waals surface area (Å²) in [5.74, 6) is 0. The van der Waals surface area contributed by atoms with Gasteiger partial charge in [-0.2, -0.15) is 5.26 Å². The molecular weight excluding hydrogens is 402 g/mol. The van der Waals surface area contributed by atoms with E-state index < -0.39 is 16.1 Å². The number of hydrogen-bond acceptors (Lipinski definition) is 5. The summed E-state index contributed by atoms with van der Waals surface area (Å²) in [6.45, 7) is 0. The third kappa shape index (κ3) is 4.35. The monoisotopic (exact) mass is 419 g/mol. The Hall–Kier alpha value is -3.05. The van der Waals surface area contributed by atoms with E-state index in [0.717, 1.165) is 15.8 Å². The molecule has 29 heavy (non-hydrogen) atoms. The Kier molecular flexibility index (Phi) is 5.41. The van der Waals surface area contributed by atoms with Gasteiger partial charge in [-0.3, -0.25) is 0 Å². The molecule has 1 N–H and O–H groups in total. The lowest BCUT2D eigenvalue weighted by Gasteiger charge is -2.17. The number of thiazole rings is 1. The van der Waals surface area contributed by atoms with Gasteiger partial charge in [-0.1, -0.05) is 42.5 Å². The lowest BCUT2D eigenvalue weighted by Crippen LogP contribution is -2.30. The van der Waals surface area contributed by atoms with Crippen molar-refractivity contribution in [1.82, 2.24) is 9.71 Å². The summed E-state index contributed by atoms with van der Waals surface area (Å²) in [7, 11) is -3.73. The van der Waals surface area contributed by atoms with Crippen molar-refractivity contribution in [3.8, 4) is 6.07 Å². The number of para-hydroxylation sites is 1. The standard InChI is InChI=1S/C22H17N3O2S2/c23-15-17-8-6-7-16(13-17)14-20(22-24-19-11-4-5-12-21(19)28-22)25-29(26,27)18-9-2-1-3-10-18/h1-13,20,25H,14H2/t20-/m0/s1. The third-order valence-electron chi connectivity index (χ3n) is 4.46. The molecule has 0 aliphatic carbocycles. The number of rotatable bonds is 6. The molecule has 0 bridgehead atoms. The fraction of sp³-hybridized carbons (Fsp3) is 0.0909. The number of nitrogens with one attached hydrogen (secondary N) is 1. The Balaban J connectivity index is 1.73. The van der Waals surface area contributed by atoms with Gasteiger partial charge in [0.2, 0.25) is 10.0 Å². The van der Waals surface area contributed by atoms with Crippen molar-refractivity contribution >= 4 is 31.6 Å². The molecule has 0 unspecified atom stereocenters. The van der Waals surface area contributed by atoms with Gasteiger partial charge in [0.05, 0.1) is 32.8 Å². The predicted octanol–water partition coefficient (Wildman–Crippen LogP) is 4.43. The van der Waals surface area contributed by atoms with E-state index >= 15 is 0 Å². The van der Waals surface area contributed by atoms with Gasteiger partial charge >= 0.3 is 0 Å². The Morgan fingerprint density at radius 2 is 1.76 bits per heavy atom. The molecule has 5 nitrogen and oxygen atoms in total. The molecule has 7 heteroatoms. The van der Waals surface area contributed by atoms with Crippen LogP contribution in [0.3, 0.4) is 0 Å². The summed E-state index contributed by atoms with van der Waals surface area (Å²) in [4.78, 5) is 4.86. The minimum absolute atomic E-state index is 0.205. The normalized spacial score (nSPS) is 12.5. The molecule has 0 amide bonds. The summed E-state index contributed by atoms with van der Waals surface area (Å²) in [6.07, 6.45) is 0.390. The van der Waals surface area contributed by atoms with E-state index in [2.05, 4.69) is 15.8 Å². The van der Waals surface area contributed by atoms with Crippen LogP contribution in [0.1, 0.15) is 22.2 Å². The second-order valence-corrected chi connectivity index (χ2v) is 9.30. The number of hydrogen-bond donors (Lipinski definition) is 1. The second-order valence-electron chi connectivity index (χ2n) is 6.52. The van der Waals surface area contributed by atoms with Crippen LogP contribution < -0.4 is 4.72 Å². The van der Waals surface area contributed by atoms with Crippen LogP contribution in [0.2, 0.25) is 0 Å². The number of benzene rings is 3. The van der Waals surface area contributed by atoms with Crippen LogP contribution in [0, 0.1) is 11.3 Å². The van der Waals surface area contributed by atoms with Crippen LogP contribution >= 0.6 is 11.3 Å². The van der Waals surface area contributed by atoms with Gasteiger partial charge in [-0.25, -0.2) is 18.1 Å². The zero-order chi connectivity index (χ0) is 20.3. The molecule has 3 aromatic carbocycles. The highest BCUT2D eigenvalue weighted by Crippen LogP contribution is 2.29. The highest BCUT2D eigenvalue weighted by atomic mass is 32.2. The van der Waals surface area contributed by atoms with E-state index in [-0.39, 0.29) is 4.90 Å². The van der Waals surface area contributed by atoms with Gasteiger partial charge in [0, 0.05) is 0 Å². The number of sulfonamides is 1. The first-order chi connectivity index (χ1) is 14.0. The van der Waals surface area contributed by atoms with Gasteiger partial charge in [0.1, 0.15) is 5.01 Å². The first-order valence-electron chi connectivity index (χ1n) is 8.97. The largest absolute Gasteiger partial charge is 0.241 e. The van der Waals surface area contributed by atoms with Gasteiger partial charge in [0.15, 0.2) is 0 Å². The summed E-state index contributed by atoms with van der Waals surface area (Å²) < 4.78 is 29.7. The number of nitriles is 1. The summed E-state index contributed by atoms with van der Waals surface area (Å²) in [5, 5.41) is 9.86. The van der Waals surface area contributed by atoms with Crippen molar-refractivity contribution in [2.45, 2.75) is 17.4 Å². The van der Waals surface area contributed by atoms with Crippen molar-refractivity contribution < 1.29 is 8.42 Å². The molecule has 0 spiro atoms. The Bertz CT molecular complexity index is 1260. The van der Waals surface area contributed by atoms with Crippen molar-refractivity contribution in [1.29, 1.82) is 5.26 Å². The maximum Gasteiger partial charge on any atom is 0.241 e. The molecule has 4 rings (SSSR count). The predicted molar refractivity (Wildman–Crippen MR) is 114 cm³/mol. The van der Waals surface area contributed by atoms with E-state index in [9.17, 15) is 13.7 Å². The fourth-order valence-corrected chi connectivity index (χ4v) is 5.39. The van der Waals surface area contributed by atoms with E-state index in [0.29, 0.717) is 17.0 Å². The van der Waals surface area contributed by atoms with Gasteiger partial charge < -0.3 is 0 Å². The van der Waals surface area contributed by atoms with E-state index in [1.165, 1.54) is 11.3 Å². The van der Waals surface area contributed by atoms with Crippen molar-refractivity contribution in [3.05, 3.63) is 95.0 Å². The van der Waals surface area contributed by atoms with Crippen molar-refractivity contribution in [2.75, 3.05) is 0 Å². The third-order valence-corrected chi connectivity index (χ3v) is 7.09. The zero-order valence-electron chi connectivity index (χ0n) is 15.3. The zero-order valence-corrected chi connectivity index (χ0v) is 17.0. The summed E-state index contributed by atoms with van der Waals surface area (Å²) in [6, 6.07) is 24.8. The quantitative estimate of drug-likeness (QED) is 0.501. The highest BCUT2D eigenvalue weighted by Gasteiger charge is 2.24. The van der Waals surface area contributed by atoms with Crippen LogP contribution in [0.4, 0.5) is 0 Å². The molecule has 4 aromatic rings. The van der Waals surface area contributed by atoms with Gasteiger partial charge in [0.25, 0.3) is 0 Å². The smallest absolute Gasteiger partial charge is 0.239 e. The fourth-order valence-electron chi connectivity index (χ4n) is 3.08. The molecule has 144 valence electrons. The minimum atomic E-state index is -3.73. The first kappa shape index (κ1) is 19.3. The SMILES string of the molecule is N#Cc1cccc(C[C@H](NS(=O)(=O)c2ccccc2)c2nc3ccccc3s2)c1. The molecule has 1 atom stereocenters. The van der Waals surface area contributed by atoms with E-state index in [1.807, 2.05) is 30.3 Å².